The fourth-order valence-corrected chi connectivity index (χ4v) is 1.78. The second-order valence-electron chi connectivity index (χ2n) is 4.53. The lowest BCUT2D eigenvalue weighted by Crippen LogP contribution is -2.44. The van der Waals surface area contributed by atoms with Crippen LogP contribution < -0.4 is 5.32 Å². The number of benzene rings is 1. The molecule has 0 saturated heterocycles. The van der Waals surface area contributed by atoms with Gasteiger partial charge in [0.15, 0.2) is 0 Å². The molecule has 8 nitrogen and oxygen atoms in total. The van der Waals surface area contributed by atoms with Gasteiger partial charge in [-0.3, -0.25) is 14.9 Å². The number of nitrogens with one attached hydrogen (secondary N) is 1. The third kappa shape index (κ3) is 5.88. The average molecular weight is 310 g/mol. The third-order valence-electron chi connectivity index (χ3n) is 2.80. The molecular formula is C14H18N2O6. The van der Waals surface area contributed by atoms with E-state index in [1.807, 2.05) is 6.07 Å². The molecule has 0 saturated carbocycles. The molecule has 0 aromatic heterocycles. The van der Waals surface area contributed by atoms with Crippen LogP contribution in [0.15, 0.2) is 30.3 Å². The van der Waals surface area contributed by atoms with Crippen molar-refractivity contribution in [3.05, 3.63) is 46.0 Å². The summed E-state index contributed by atoms with van der Waals surface area (Å²) in [6.45, 7) is 1.79. The second-order valence-corrected chi connectivity index (χ2v) is 4.53. The molecule has 0 fully saturated rings. The molecule has 0 heterocycles. The van der Waals surface area contributed by atoms with Crippen LogP contribution in [0.2, 0.25) is 0 Å². The van der Waals surface area contributed by atoms with Crippen LogP contribution in [0.25, 0.3) is 0 Å². The monoisotopic (exact) mass is 310 g/mol. The van der Waals surface area contributed by atoms with Gasteiger partial charge in [0.1, 0.15) is 12.5 Å². The van der Waals surface area contributed by atoms with Gasteiger partial charge in [0.2, 0.25) is 5.91 Å². The standard InChI is InChI=1S/C14H18N2O6/c1-2-22-14(19)11(8-10-6-4-3-5-7-10)15-12(17)9-13(18)16(20)21/h3-7,11,13,18H,2,8-9H2,1H3,(H,15,17). The number of carbonyl (C=O) groups is 2. The highest BCUT2D eigenvalue weighted by molar-refractivity contribution is 5.84. The van der Waals surface area contributed by atoms with Crippen molar-refractivity contribution in [1.82, 2.24) is 5.32 Å². The van der Waals surface area contributed by atoms with Gasteiger partial charge in [0.25, 0.3) is 0 Å². The first-order valence-corrected chi connectivity index (χ1v) is 6.75. The Hall–Kier alpha value is -2.48. The summed E-state index contributed by atoms with van der Waals surface area (Å²) in [5.41, 5.74) is 0.802. The zero-order valence-electron chi connectivity index (χ0n) is 12.1. The van der Waals surface area contributed by atoms with Crippen molar-refractivity contribution in [2.45, 2.75) is 32.0 Å². The van der Waals surface area contributed by atoms with Crippen molar-refractivity contribution in [1.29, 1.82) is 0 Å². The number of carbonyl (C=O) groups excluding carboxylic acids is 2. The predicted molar refractivity (Wildman–Crippen MR) is 76.3 cm³/mol. The molecule has 2 atom stereocenters. The number of nitrogens with zero attached hydrogens (tertiary/aromatic N) is 1. The van der Waals surface area contributed by atoms with Gasteiger partial charge in [0.05, 0.1) is 11.5 Å². The quantitative estimate of drug-likeness (QED) is 0.308. The minimum atomic E-state index is -2.00. The van der Waals surface area contributed by atoms with Gasteiger partial charge in [-0.1, -0.05) is 30.3 Å². The second kappa shape index (κ2) is 8.73. The van der Waals surface area contributed by atoms with Crippen LogP contribution in [0.1, 0.15) is 18.9 Å². The molecule has 0 spiro atoms. The molecule has 1 rings (SSSR count). The molecule has 120 valence electrons. The van der Waals surface area contributed by atoms with E-state index in [2.05, 4.69) is 5.32 Å². The number of aliphatic hydroxyl groups is 1. The maximum atomic E-state index is 11.9. The van der Waals surface area contributed by atoms with E-state index in [9.17, 15) is 19.7 Å². The molecule has 22 heavy (non-hydrogen) atoms. The Kier molecular flexibility index (Phi) is 6.97. The highest BCUT2D eigenvalue weighted by atomic mass is 16.7. The maximum absolute atomic E-state index is 11.9. The Morgan fingerprint density at radius 3 is 2.55 bits per heavy atom. The average Bonchev–Trinajstić information content (AvgIpc) is 2.47. The molecule has 2 N–H and O–H groups in total. The molecule has 0 radical (unpaired) electrons. The van der Waals surface area contributed by atoms with Gasteiger partial charge in [-0.05, 0) is 12.5 Å². The smallest absolute Gasteiger partial charge is 0.328 e. The van der Waals surface area contributed by atoms with Crippen molar-refractivity contribution in [3.8, 4) is 0 Å². The SMILES string of the molecule is CCOC(=O)C(Cc1ccccc1)NC(=O)CC(O)[N+](=O)[O-]. The first-order valence-electron chi connectivity index (χ1n) is 6.75. The Balaban J connectivity index is 2.71. The van der Waals surface area contributed by atoms with E-state index in [1.54, 1.807) is 31.2 Å². The Morgan fingerprint density at radius 2 is 2.00 bits per heavy atom. The summed E-state index contributed by atoms with van der Waals surface area (Å²) in [5, 5.41) is 21.8. The van der Waals surface area contributed by atoms with E-state index in [0.717, 1.165) is 5.56 Å². The number of rotatable bonds is 8. The zero-order chi connectivity index (χ0) is 16.5. The number of esters is 1. The van der Waals surface area contributed by atoms with E-state index >= 15 is 0 Å². The third-order valence-corrected chi connectivity index (χ3v) is 2.80. The number of ether oxygens (including phenoxy) is 1. The molecule has 0 aliphatic carbocycles. The van der Waals surface area contributed by atoms with Crippen LogP contribution in [-0.4, -0.2) is 40.8 Å². The van der Waals surface area contributed by atoms with Gasteiger partial charge >= 0.3 is 12.2 Å². The predicted octanol–water partition coefficient (Wildman–Crippen LogP) is 0.262. The molecule has 0 bridgehead atoms. The minimum Gasteiger partial charge on any atom is -0.464 e. The van der Waals surface area contributed by atoms with Gasteiger partial charge in [-0.15, -0.1) is 0 Å². The molecule has 2 unspecified atom stereocenters. The minimum absolute atomic E-state index is 0.150. The van der Waals surface area contributed by atoms with Gasteiger partial charge < -0.3 is 15.2 Å². The van der Waals surface area contributed by atoms with E-state index in [0.29, 0.717) is 0 Å². The van der Waals surface area contributed by atoms with E-state index < -0.39 is 35.5 Å². The van der Waals surface area contributed by atoms with Crippen LogP contribution in [0.5, 0.6) is 0 Å². The highest BCUT2D eigenvalue weighted by Crippen LogP contribution is 2.06. The van der Waals surface area contributed by atoms with E-state index in [1.165, 1.54) is 0 Å². The van der Waals surface area contributed by atoms with Crippen LogP contribution in [0.4, 0.5) is 0 Å². The summed E-state index contributed by atoms with van der Waals surface area (Å²) in [5.74, 6) is -1.42. The number of nitro groups is 1. The summed E-state index contributed by atoms with van der Waals surface area (Å²) in [6.07, 6.45) is -2.53. The normalized spacial score (nSPS) is 13.0. The Morgan fingerprint density at radius 1 is 1.36 bits per heavy atom. The topological polar surface area (TPSA) is 119 Å². The lowest BCUT2D eigenvalue weighted by molar-refractivity contribution is -0.568. The van der Waals surface area contributed by atoms with Gasteiger partial charge in [-0.25, -0.2) is 4.79 Å². The van der Waals surface area contributed by atoms with E-state index in [-0.39, 0.29) is 13.0 Å². The van der Waals surface area contributed by atoms with Crippen molar-refractivity contribution >= 4 is 11.9 Å². The lowest BCUT2D eigenvalue weighted by atomic mass is 10.1. The van der Waals surface area contributed by atoms with Crippen LogP contribution in [0.3, 0.4) is 0 Å². The first kappa shape index (κ1) is 17.6. The zero-order valence-corrected chi connectivity index (χ0v) is 12.1. The van der Waals surface area contributed by atoms with Crippen molar-refractivity contribution in [2.75, 3.05) is 6.61 Å². The number of amides is 1. The van der Waals surface area contributed by atoms with Crippen LogP contribution >= 0.6 is 0 Å². The van der Waals surface area contributed by atoms with E-state index in [4.69, 9.17) is 9.84 Å². The van der Waals surface area contributed by atoms with Gasteiger partial charge in [0, 0.05) is 6.42 Å². The summed E-state index contributed by atoms with van der Waals surface area (Å²) in [4.78, 5) is 32.9. The molecule has 8 heteroatoms. The molecular weight excluding hydrogens is 292 g/mol. The molecule has 1 aromatic rings. The molecule has 0 aliphatic rings. The van der Waals surface area contributed by atoms with Crippen LogP contribution in [0, 0.1) is 10.1 Å². The number of aliphatic hydroxyl groups excluding tert-OH is 1. The molecule has 0 aliphatic heterocycles. The summed E-state index contributed by atoms with van der Waals surface area (Å²) < 4.78 is 4.88. The van der Waals surface area contributed by atoms with Crippen molar-refractivity contribution < 1.29 is 24.4 Å². The van der Waals surface area contributed by atoms with Crippen molar-refractivity contribution in [2.24, 2.45) is 0 Å². The fraction of sp³-hybridized carbons (Fsp3) is 0.429. The fourth-order valence-electron chi connectivity index (χ4n) is 1.78. The van der Waals surface area contributed by atoms with Gasteiger partial charge in [-0.2, -0.15) is 0 Å². The number of hydrogen-bond donors (Lipinski definition) is 2. The molecule has 1 aromatic carbocycles. The number of hydrogen-bond acceptors (Lipinski definition) is 6. The first-order chi connectivity index (χ1) is 10.4. The van der Waals surface area contributed by atoms with Crippen LogP contribution in [-0.2, 0) is 20.7 Å². The Labute approximate surface area is 127 Å². The largest absolute Gasteiger partial charge is 0.464 e. The highest BCUT2D eigenvalue weighted by Gasteiger charge is 2.26. The Bertz CT molecular complexity index is 519. The molecule has 1 amide bonds. The maximum Gasteiger partial charge on any atom is 0.328 e. The lowest BCUT2D eigenvalue weighted by Gasteiger charge is -2.17. The summed E-state index contributed by atoms with van der Waals surface area (Å²) >= 11 is 0. The van der Waals surface area contributed by atoms with Crippen molar-refractivity contribution in [3.63, 3.8) is 0 Å². The summed E-state index contributed by atoms with van der Waals surface area (Å²) in [7, 11) is 0. The summed E-state index contributed by atoms with van der Waals surface area (Å²) in [6, 6.07) is 7.99.